The number of aliphatic hydroxyl groups is 3. The minimum Gasteiger partial charge on any atom is -0.395 e. The number of rotatable bonds is 9. The molecule has 0 fully saturated rings. The van der Waals surface area contributed by atoms with Gasteiger partial charge in [-0.25, -0.2) is 0 Å². The Kier molecular flexibility index (Phi) is 11.8. The van der Waals surface area contributed by atoms with E-state index in [0.29, 0.717) is 31.6 Å². The molecule has 0 aliphatic rings. The molecule has 8 heteroatoms. The van der Waals surface area contributed by atoms with Gasteiger partial charge in [0.25, 0.3) is 10.1 Å². The normalized spacial score (nSPS) is 11.3. The molecule has 1 rings (SSSR count). The standard InChI is InChI=1S/C10H14O3S.C6H15NO3/c1-3-8-5-6-10(14(11,12)13)9(4-2)7-8;8-4-1-7(2-5-9)3-6-10/h5-7H,3-4H2,1-2H3,(H,11,12,13);8-10H,1-6H2. The van der Waals surface area contributed by atoms with Gasteiger partial charge in [-0.05, 0) is 30.0 Å². The molecule has 0 amide bonds. The van der Waals surface area contributed by atoms with Crippen LogP contribution in [0, 0.1) is 0 Å². The quantitative estimate of drug-likeness (QED) is 0.467. The minimum atomic E-state index is -4.07. The third kappa shape index (κ3) is 8.72. The molecule has 0 atom stereocenters. The lowest BCUT2D eigenvalue weighted by atomic mass is 10.1. The van der Waals surface area contributed by atoms with Crippen molar-refractivity contribution in [3.63, 3.8) is 0 Å². The number of hydrogen-bond donors (Lipinski definition) is 4. The van der Waals surface area contributed by atoms with E-state index in [1.165, 1.54) is 6.07 Å². The van der Waals surface area contributed by atoms with E-state index in [9.17, 15) is 8.42 Å². The van der Waals surface area contributed by atoms with Crippen molar-refractivity contribution in [1.29, 1.82) is 0 Å². The van der Waals surface area contributed by atoms with E-state index < -0.39 is 10.1 Å². The second kappa shape index (κ2) is 12.3. The van der Waals surface area contributed by atoms with E-state index in [2.05, 4.69) is 0 Å². The zero-order valence-electron chi connectivity index (χ0n) is 14.3. The molecule has 24 heavy (non-hydrogen) atoms. The SMILES string of the molecule is CCc1ccc(S(=O)(=O)O)c(CC)c1.OCCN(CCO)CCO. The van der Waals surface area contributed by atoms with Gasteiger partial charge in [-0.2, -0.15) is 8.42 Å². The largest absolute Gasteiger partial charge is 0.395 e. The number of aliphatic hydroxyl groups excluding tert-OH is 3. The minimum absolute atomic E-state index is 0.0252. The topological polar surface area (TPSA) is 118 Å². The van der Waals surface area contributed by atoms with Gasteiger partial charge in [-0.15, -0.1) is 0 Å². The fourth-order valence-electron chi connectivity index (χ4n) is 2.14. The Morgan fingerprint density at radius 3 is 1.75 bits per heavy atom. The number of aryl methyl sites for hydroxylation is 2. The number of nitrogens with zero attached hydrogens (tertiary/aromatic N) is 1. The highest BCUT2D eigenvalue weighted by atomic mass is 32.2. The van der Waals surface area contributed by atoms with Crippen molar-refractivity contribution in [2.75, 3.05) is 39.5 Å². The lowest BCUT2D eigenvalue weighted by Crippen LogP contribution is -2.32. The summed E-state index contributed by atoms with van der Waals surface area (Å²) < 4.78 is 30.9. The Morgan fingerprint density at radius 1 is 0.917 bits per heavy atom. The molecule has 4 N–H and O–H groups in total. The van der Waals surface area contributed by atoms with E-state index in [0.717, 1.165) is 12.0 Å². The van der Waals surface area contributed by atoms with Crippen LogP contribution in [0.15, 0.2) is 23.1 Å². The summed E-state index contributed by atoms with van der Waals surface area (Å²) in [6.45, 7) is 5.62. The Balaban J connectivity index is 0.000000470. The molecule has 0 aliphatic heterocycles. The third-order valence-electron chi connectivity index (χ3n) is 3.44. The van der Waals surface area contributed by atoms with Crippen LogP contribution in [0.25, 0.3) is 0 Å². The first-order valence-electron chi connectivity index (χ1n) is 7.98. The third-order valence-corrected chi connectivity index (χ3v) is 4.39. The van der Waals surface area contributed by atoms with Crippen molar-refractivity contribution in [1.82, 2.24) is 4.90 Å². The van der Waals surface area contributed by atoms with Crippen LogP contribution in [-0.4, -0.2) is 72.6 Å². The van der Waals surface area contributed by atoms with Gasteiger partial charge in [0.15, 0.2) is 0 Å². The molecule has 0 saturated carbocycles. The van der Waals surface area contributed by atoms with Crippen LogP contribution in [-0.2, 0) is 23.0 Å². The van der Waals surface area contributed by atoms with E-state index in [-0.39, 0.29) is 24.7 Å². The number of benzene rings is 1. The van der Waals surface area contributed by atoms with Crippen molar-refractivity contribution in [2.45, 2.75) is 31.6 Å². The van der Waals surface area contributed by atoms with Gasteiger partial charge in [0.05, 0.1) is 24.7 Å². The average molecular weight is 363 g/mol. The van der Waals surface area contributed by atoms with Crippen LogP contribution < -0.4 is 0 Å². The van der Waals surface area contributed by atoms with Gasteiger partial charge in [-0.1, -0.05) is 26.0 Å². The molecule has 0 radical (unpaired) electrons. The first kappa shape index (κ1) is 23.0. The van der Waals surface area contributed by atoms with Gasteiger partial charge in [0.1, 0.15) is 0 Å². The summed E-state index contributed by atoms with van der Waals surface area (Å²) in [6, 6.07) is 5.01. The maximum absolute atomic E-state index is 11.0. The molecular weight excluding hydrogens is 334 g/mol. The van der Waals surface area contributed by atoms with Gasteiger partial charge < -0.3 is 15.3 Å². The summed E-state index contributed by atoms with van der Waals surface area (Å²) in [7, 11) is -4.07. The highest BCUT2D eigenvalue weighted by molar-refractivity contribution is 7.85. The van der Waals surface area contributed by atoms with Gasteiger partial charge in [0, 0.05) is 19.6 Å². The molecule has 0 spiro atoms. The molecule has 0 saturated heterocycles. The molecule has 7 nitrogen and oxygen atoms in total. The summed E-state index contributed by atoms with van der Waals surface area (Å²) in [5.41, 5.74) is 1.75. The fourth-order valence-corrected chi connectivity index (χ4v) is 2.91. The summed E-state index contributed by atoms with van der Waals surface area (Å²) in [4.78, 5) is 1.82. The lowest BCUT2D eigenvalue weighted by molar-refractivity contribution is 0.136. The molecule has 0 bridgehead atoms. The van der Waals surface area contributed by atoms with E-state index >= 15 is 0 Å². The maximum atomic E-state index is 11.0. The van der Waals surface area contributed by atoms with Crippen molar-refractivity contribution < 1.29 is 28.3 Å². The molecule has 140 valence electrons. The van der Waals surface area contributed by atoms with Crippen molar-refractivity contribution in [2.24, 2.45) is 0 Å². The molecule has 1 aromatic rings. The molecule has 0 heterocycles. The zero-order chi connectivity index (χ0) is 18.6. The smallest absolute Gasteiger partial charge is 0.294 e. The molecule has 0 aliphatic carbocycles. The van der Waals surface area contributed by atoms with E-state index in [4.69, 9.17) is 19.9 Å². The summed E-state index contributed by atoms with van der Waals surface area (Å²) in [5, 5.41) is 25.5. The monoisotopic (exact) mass is 363 g/mol. The Hall–Kier alpha value is -1.03. The summed E-state index contributed by atoms with van der Waals surface area (Å²) >= 11 is 0. The van der Waals surface area contributed by atoms with Crippen LogP contribution >= 0.6 is 0 Å². The highest BCUT2D eigenvalue weighted by Gasteiger charge is 2.13. The van der Waals surface area contributed by atoms with E-state index in [1.807, 2.05) is 19.9 Å². The Labute approximate surface area is 144 Å². The summed E-state index contributed by atoms with van der Waals surface area (Å²) in [6.07, 6.45) is 1.46. The molecule has 1 aromatic carbocycles. The van der Waals surface area contributed by atoms with Crippen LogP contribution in [0.3, 0.4) is 0 Å². The van der Waals surface area contributed by atoms with Gasteiger partial charge in [-0.3, -0.25) is 9.45 Å². The second-order valence-corrected chi connectivity index (χ2v) is 6.53. The Bertz CT molecular complexity index is 547. The fraction of sp³-hybridized carbons (Fsp3) is 0.625. The average Bonchev–Trinajstić information content (AvgIpc) is 2.54. The van der Waals surface area contributed by atoms with Crippen molar-refractivity contribution in [3.8, 4) is 0 Å². The second-order valence-electron chi connectivity index (χ2n) is 5.14. The molecular formula is C16H29NO6S. The summed E-state index contributed by atoms with van der Waals surface area (Å²) in [5.74, 6) is 0. The number of hydrogen-bond acceptors (Lipinski definition) is 6. The highest BCUT2D eigenvalue weighted by Crippen LogP contribution is 2.18. The van der Waals surface area contributed by atoms with E-state index in [1.54, 1.807) is 11.0 Å². The molecule has 0 unspecified atom stereocenters. The van der Waals surface area contributed by atoms with Crippen LogP contribution in [0.4, 0.5) is 0 Å². The van der Waals surface area contributed by atoms with Crippen LogP contribution in [0.1, 0.15) is 25.0 Å². The predicted octanol–water partition coefficient (Wildman–Crippen LogP) is 0.323. The van der Waals surface area contributed by atoms with Crippen LogP contribution in [0.2, 0.25) is 0 Å². The first-order valence-corrected chi connectivity index (χ1v) is 9.42. The maximum Gasteiger partial charge on any atom is 0.294 e. The predicted molar refractivity (Wildman–Crippen MR) is 92.7 cm³/mol. The van der Waals surface area contributed by atoms with Crippen molar-refractivity contribution in [3.05, 3.63) is 29.3 Å². The zero-order valence-corrected chi connectivity index (χ0v) is 15.2. The van der Waals surface area contributed by atoms with Crippen molar-refractivity contribution >= 4 is 10.1 Å². The van der Waals surface area contributed by atoms with Gasteiger partial charge >= 0.3 is 0 Å². The molecule has 0 aromatic heterocycles. The Morgan fingerprint density at radius 2 is 1.42 bits per heavy atom. The van der Waals surface area contributed by atoms with Crippen LogP contribution in [0.5, 0.6) is 0 Å². The lowest BCUT2D eigenvalue weighted by Gasteiger charge is -2.17. The van der Waals surface area contributed by atoms with Gasteiger partial charge in [0.2, 0.25) is 0 Å². The first-order chi connectivity index (χ1) is 11.3.